The number of rotatable bonds is 4. The molecule has 1 aromatic rings. The molecule has 0 bridgehead atoms. The van der Waals surface area contributed by atoms with E-state index in [4.69, 9.17) is 11.6 Å². The Morgan fingerprint density at radius 1 is 1.56 bits per heavy atom. The zero-order valence-electron chi connectivity index (χ0n) is 9.37. The van der Waals surface area contributed by atoms with Crippen molar-refractivity contribution in [1.29, 1.82) is 0 Å². The minimum absolute atomic E-state index is 0.0896. The SMILES string of the molecule is CCC(NC(=O)C1CC1)c1cccc(Cl)c1. The van der Waals surface area contributed by atoms with Crippen molar-refractivity contribution in [1.82, 2.24) is 5.32 Å². The first kappa shape index (κ1) is 11.5. The van der Waals surface area contributed by atoms with Crippen molar-refractivity contribution in [3.8, 4) is 0 Å². The Labute approximate surface area is 101 Å². The topological polar surface area (TPSA) is 29.1 Å². The van der Waals surface area contributed by atoms with Gasteiger partial charge in [0.05, 0.1) is 6.04 Å². The quantitative estimate of drug-likeness (QED) is 0.855. The fourth-order valence-corrected chi connectivity index (χ4v) is 1.98. The van der Waals surface area contributed by atoms with Gasteiger partial charge in [-0.05, 0) is 37.0 Å². The molecule has 1 unspecified atom stereocenters. The van der Waals surface area contributed by atoms with E-state index < -0.39 is 0 Å². The van der Waals surface area contributed by atoms with Gasteiger partial charge in [-0.2, -0.15) is 0 Å². The van der Waals surface area contributed by atoms with E-state index in [1.54, 1.807) is 0 Å². The van der Waals surface area contributed by atoms with Crippen LogP contribution in [0.5, 0.6) is 0 Å². The zero-order chi connectivity index (χ0) is 11.5. The predicted octanol–water partition coefficient (Wildman–Crippen LogP) is 3.32. The summed E-state index contributed by atoms with van der Waals surface area (Å²) in [6.07, 6.45) is 2.97. The molecule has 0 saturated heterocycles. The van der Waals surface area contributed by atoms with Crippen LogP contribution in [0.3, 0.4) is 0 Å². The molecule has 1 aliphatic carbocycles. The van der Waals surface area contributed by atoms with E-state index in [0.29, 0.717) is 0 Å². The number of amides is 1. The molecule has 0 heterocycles. The minimum Gasteiger partial charge on any atom is -0.349 e. The number of carbonyl (C=O) groups excluding carboxylic acids is 1. The van der Waals surface area contributed by atoms with Crippen molar-refractivity contribution in [2.75, 3.05) is 0 Å². The summed E-state index contributed by atoms with van der Waals surface area (Å²) < 4.78 is 0. The summed E-state index contributed by atoms with van der Waals surface area (Å²) in [5.74, 6) is 0.444. The lowest BCUT2D eigenvalue weighted by Gasteiger charge is -2.17. The Balaban J connectivity index is 2.06. The van der Waals surface area contributed by atoms with E-state index in [2.05, 4.69) is 12.2 Å². The Morgan fingerprint density at radius 3 is 2.88 bits per heavy atom. The average molecular weight is 238 g/mol. The van der Waals surface area contributed by atoms with Gasteiger partial charge in [-0.25, -0.2) is 0 Å². The monoisotopic (exact) mass is 237 g/mol. The lowest BCUT2D eigenvalue weighted by molar-refractivity contribution is -0.123. The van der Waals surface area contributed by atoms with Gasteiger partial charge in [0.15, 0.2) is 0 Å². The van der Waals surface area contributed by atoms with Gasteiger partial charge in [0.2, 0.25) is 5.91 Å². The van der Waals surface area contributed by atoms with Gasteiger partial charge in [-0.3, -0.25) is 4.79 Å². The maximum absolute atomic E-state index is 11.7. The van der Waals surface area contributed by atoms with Gasteiger partial charge in [-0.1, -0.05) is 30.7 Å². The van der Waals surface area contributed by atoms with Gasteiger partial charge in [0, 0.05) is 10.9 Å². The first-order valence-corrected chi connectivity index (χ1v) is 6.14. The molecule has 3 heteroatoms. The molecule has 1 N–H and O–H groups in total. The molecule has 1 atom stereocenters. The molecule has 1 aliphatic rings. The smallest absolute Gasteiger partial charge is 0.223 e. The zero-order valence-corrected chi connectivity index (χ0v) is 10.1. The van der Waals surface area contributed by atoms with Crippen LogP contribution in [-0.2, 0) is 4.79 Å². The molecule has 0 spiro atoms. The lowest BCUT2D eigenvalue weighted by atomic mass is 10.0. The van der Waals surface area contributed by atoms with Crippen LogP contribution in [-0.4, -0.2) is 5.91 Å². The van der Waals surface area contributed by atoms with Crippen molar-refractivity contribution in [2.45, 2.75) is 32.2 Å². The number of benzene rings is 1. The second kappa shape index (κ2) is 4.88. The maximum Gasteiger partial charge on any atom is 0.223 e. The first-order valence-electron chi connectivity index (χ1n) is 5.76. The molecule has 86 valence electrons. The Hall–Kier alpha value is -1.02. The normalized spacial score (nSPS) is 16.9. The van der Waals surface area contributed by atoms with Crippen molar-refractivity contribution < 1.29 is 4.79 Å². The highest BCUT2D eigenvalue weighted by atomic mass is 35.5. The van der Waals surface area contributed by atoms with E-state index in [9.17, 15) is 4.79 Å². The fraction of sp³-hybridized carbons (Fsp3) is 0.462. The molecule has 0 radical (unpaired) electrons. The average Bonchev–Trinajstić information content (AvgIpc) is 3.09. The first-order chi connectivity index (χ1) is 7.70. The molecule has 2 rings (SSSR count). The number of halogens is 1. The van der Waals surface area contributed by atoms with Gasteiger partial charge < -0.3 is 5.32 Å². The van der Waals surface area contributed by atoms with Gasteiger partial charge in [-0.15, -0.1) is 0 Å². The summed E-state index contributed by atoms with van der Waals surface area (Å²) >= 11 is 5.94. The summed E-state index contributed by atoms with van der Waals surface area (Å²) in [4.78, 5) is 11.7. The van der Waals surface area contributed by atoms with Crippen LogP contribution < -0.4 is 5.32 Å². The lowest BCUT2D eigenvalue weighted by Crippen LogP contribution is -2.29. The van der Waals surface area contributed by atoms with E-state index in [0.717, 1.165) is 29.8 Å². The third-order valence-corrected chi connectivity index (χ3v) is 3.16. The molecule has 16 heavy (non-hydrogen) atoms. The highest BCUT2D eigenvalue weighted by molar-refractivity contribution is 6.30. The molecule has 1 aromatic carbocycles. The van der Waals surface area contributed by atoms with E-state index >= 15 is 0 Å². The number of hydrogen-bond acceptors (Lipinski definition) is 1. The van der Waals surface area contributed by atoms with Gasteiger partial charge in [0.25, 0.3) is 0 Å². The largest absolute Gasteiger partial charge is 0.349 e. The highest BCUT2D eigenvalue weighted by Gasteiger charge is 2.30. The van der Waals surface area contributed by atoms with Crippen LogP contribution >= 0.6 is 11.6 Å². The van der Waals surface area contributed by atoms with Crippen LogP contribution in [0.2, 0.25) is 5.02 Å². The molecule has 1 fully saturated rings. The Kier molecular flexibility index (Phi) is 3.49. The standard InChI is InChI=1S/C13H16ClNO/c1-2-12(15-13(16)9-6-7-9)10-4-3-5-11(14)8-10/h3-5,8-9,12H,2,6-7H2,1H3,(H,15,16). The van der Waals surface area contributed by atoms with Crippen molar-refractivity contribution in [3.63, 3.8) is 0 Å². The van der Waals surface area contributed by atoms with Crippen molar-refractivity contribution in [2.24, 2.45) is 5.92 Å². The molecule has 1 amide bonds. The van der Waals surface area contributed by atoms with Crippen LogP contribution in [0.4, 0.5) is 0 Å². The minimum atomic E-state index is 0.0896. The van der Waals surface area contributed by atoms with E-state index in [1.807, 2.05) is 24.3 Å². The Bertz CT molecular complexity index is 387. The molecular weight excluding hydrogens is 222 g/mol. The molecule has 2 nitrogen and oxygen atoms in total. The highest BCUT2D eigenvalue weighted by Crippen LogP contribution is 2.30. The van der Waals surface area contributed by atoms with Gasteiger partial charge >= 0.3 is 0 Å². The third-order valence-electron chi connectivity index (χ3n) is 2.92. The van der Waals surface area contributed by atoms with Crippen molar-refractivity contribution >= 4 is 17.5 Å². The van der Waals surface area contributed by atoms with Crippen LogP contribution in [0.15, 0.2) is 24.3 Å². The summed E-state index contributed by atoms with van der Waals surface area (Å²) in [5, 5.41) is 3.79. The fourth-order valence-electron chi connectivity index (χ4n) is 1.78. The van der Waals surface area contributed by atoms with Gasteiger partial charge in [0.1, 0.15) is 0 Å². The van der Waals surface area contributed by atoms with Crippen molar-refractivity contribution in [3.05, 3.63) is 34.9 Å². The number of hydrogen-bond donors (Lipinski definition) is 1. The molecule has 0 aliphatic heterocycles. The molecule has 1 saturated carbocycles. The predicted molar refractivity (Wildman–Crippen MR) is 65.4 cm³/mol. The summed E-state index contributed by atoms with van der Waals surface area (Å²) in [7, 11) is 0. The number of nitrogens with one attached hydrogen (secondary N) is 1. The van der Waals surface area contributed by atoms with Crippen LogP contribution in [0, 0.1) is 5.92 Å². The van der Waals surface area contributed by atoms with Crippen LogP contribution in [0.25, 0.3) is 0 Å². The second-order valence-corrected chi connectivity index (χ2v) is 4.74. The maximum atomic E-state index is 11.7. The molecular formula is C13H16ClNO. The second-order valence-electron chi connectivity index (χ2n) is 4.30. The Morgan fingerprint density at radius 2 is 2.31 bits per heavy atom. The van der Waals surface area contributed by atoms with Crippen LogP contribution in [0.1, 0.15) is 37.8 Å². The third kappa shape index (κ3) is 2.76. The summed E-state index contributed by atoms with van der Waals surface area (Å²) in [6, 6.07) is 7.78. The molecule has 0 aromatic heterocycles. The summed E-state index contributed by atoms with van der Waals surface area (Å²) in [6.45, 7) is 2.07. The summed E-state index contributed by atoms with van der Waals surface area (Å²) in [5.41, 5.74) is 1.09. The van der Waals surface area contributed by atoms with E-state index in [-0.39, 0.29) is 17.9 Å². The number of carbonyl (C=O) groups is 1. The van der Waals surface area contributed by atoms with E-state index in [1.165, 1.54) is 0 Å².